The SMILES string of the molecule is CO[Si](C)(CNCCCN)OC. The van der Waals surface area contributed by atoms with Crippen molar-refractivity contribution in [1.29, 1.82) is 0 Å². The van der Waals surface area contributed by atoms with Crippen molar-refractivity contribution in [3.63, 3.8) is 0 Å². The summed E-state index contributed by atoms with van der Waals surface area (Å²) in [5.41, 5.74) is 5.35. The lowest BCUT2D eigenvalue weighted by Crippen LogP contribution is -2.47. The highest BCUT2D eigenvalue weighted by atomic mass is 28.4. The fourth-order valence-corrected chi connectivity index (χ4v) is 1.86. The Hall–Kier alpha value is 0.0569. The van der Waals surface area contributed by atoms with Gasteiger partial charge in [-0.3, -0.25) is 0 Å². The largest absolute Gasteiger partial charge is 0.397 e. The first-order chi connectivity index (χ1) is 5.68. The summed E-state index contributed by atoms with van der Waals surface area (Å²) >= 11 is 0. The van der Waals surface area contributed by atoms with Crippen LogP contribution in [0.25, 0.3) is 0 Å². The van der Waals surface area contributed by atoms with Gasteiger partial charge in [0.1, 0.15) is 0 Å². The predicted molar refractivity (Wildman–Crippen MR) is 52.2 cm³/mol. The van der Waals surface area contributed by atoms with Crippen LogP contribution in [0.1, 0.15) is 6.42 Å². The predicted octanol–water partition coefficient (Wildman–Crippen LogP) is -0.171. The summed E-state index contributed by atoms with van der Waals surface area (Å²) in [7, 11) is 1.49. The maximum atomic E-state index is 5.35. The molecule has 0 heterocycles. The molecule has 0 saturated heterocycles. The summed E-state index contributed by atoms with van der Waals surface area (Å²) in [5, 5.41) is 3.26. The zero-order valence-electron chi connectivity index (χ0n) is 8.22. The van der Waals surface area contributed by atoms with Gasteiger partial charge in [-0.1, -0.05) is 0 Å². The lowest BCUT2D eigenvalue weighted by Gasteiger charge is -2.22. The molecule has 0 fully saturated rings. The van der Waals surface area contributed by atoms with Crippen LogP contribution >= 0.6 is 0 Å². The first kappa shape index (κ1) is 12.1. The van der Waals surface area contributed by atoms with Crippen molar-refractivity contribution in [3.05, 3.63) is 0 Å². The molecule has 0 aromatic carbocycles. The average Bonchev–Trinajstić information content (AvgIpc) is 2.12. The summed E-state index contributed by atoms with van der Waals surface area (Å²) in [5.74, 6) is 0. The molecular formula is C7H20N2O2Si. The number of hydrogen-bond donors (Lipinski definition) is 2. The van der Waals surface area contributed by atoms with E-state index >= 15 is 0 Å². The van der Waals surface area contributed by atoms with Crippen LogP contribution < -0.4 is 11.1 Å². The third-order valence-electron chi connectivity index (χ3n) is 1.87. The molecule has 0 aromatic rings. The third-order valence-corrected chi connectivity index (χ3v) is 4.49. The highest BCUT2D eigenvalue weighted by Crippen LogP contribution is 2.01. The summed E-state index contributed by atoms with van der Waals surface area (Å²) in [6, 6.07) is 0. The van der Waals surface area contributed by atoms with E-state index < -0.39 is 8.56 Å². The minimum Gasteiger partial charge on any atom is -0.397 e. The van der Waals surface area contributed by atoms with Gasteiger partial charge in [-0.05, 0) is 26.1 Å². The fourth-order valence-electron chi connectivity index (χ4n) is 0.770. The minimum absolute atomic E-state index is 0.727. The Kier molecular flexibility index (Phi) is 6.59. The van der Waals surface area contributed by atoms with Crippen molar-refractivity contribution in [3.8, 4) is 0 Å². The van der Waals surface area contributed by atoms with Crippen LogP contribution in [0.4, 0.5) is 0 Å². The normalized spacial score (nSPS) is 12.0. The molecule has 0 rings (SSSR count). The van der Waals surface area contributed by atoms with Crippen molar-refractivity contribution in [2.45, 2.75) is 13.0 Å². The van der Waals surface area contributed by atoms with Crippen molar-refractivity contribution in [2.24, 2.45) is 5.73 Å². The van der Waals surface area contributed by atoms with Crippen LogP contribution in [0, 0.1) is 0 Å². The molecule has 0 atom stereocenters. The molecular weight excluding hydrogens is 172 g/mol. The Bertz CT molecular complexity index is 110. The molecule has 0 aliphatic rings. The van der Waals surface area contributed by atoms with Crippen molar-refractivity contribution in [1.82, 2.24) is 5.32 Å². The number of hydrogen-bond acceptors (Lipinski definition) is 4. The van der Waals surface area contributed by atoms with Gasteiger partial charge in [-0.2, -0.15) is 0 Å². The summed E-state index contributed by atoms with van der Waals surface area (Å²) in [6.45, 7) is 3.69. The van der Waals surface area contributed by atoms with Gasteiger partial charge in [0, 0.05) is 20.4 Å². The highest BCUT2D eigenvalue weighted by molar-refractivity contribution is 6.66. The minimum atomic E-state index is -1.90. The average molecular weight is 192 g/mol. The summed E-state index contributed by atoms with van der Waals surface area (Å²) in [4.78, 5) is 0. The maximum absolute atomic E-state index is 5.35. The van der Waals surface area contributed by atoms with E-state index in [4.69, 9.17) is 14.6 Å². The molecule has 0 aliphatic heterocycles. The highest BCUT2D eigenvalue weighted by Gasteiger charge is 2.27. The Morgan fingerprint density at radius 2 is 1.92 bits per heavy atom. The van der Waals surface area contributed by atoms with Gasteiger partial charge < -0.3 is 19.9 Å². The Labute approximate surface area is 75.7 Å². The molecule has 0 aromatic heterocycles. The molecule has 0 radical (unpaired) electrons. The lowest BCUT2D eigenvalue weighted by molar-refractivity contribution is 0.247. The van der Waals surface area contributed by atoms with Crippen LogP contribution in [0.15, 0.2) is 0 Å². The molecule has 74 valence electrons. The number of rotatable bonds is 7. The van der Waals surface area contributed by atoms with E-state index in [0.29, 0.717) is 0 Å². The van der Waals surface area contributed by atoms with Gasteiger partial charge in [-0.15, -0.1) is 0 Å². The van der Waals surface area contributed by atoms with E-state index in [9.17, 15) is 0 Å². The van der Waals surface area contributed by atoms with Crippen LogP contribution in [0.3, 0.4) is 0 Å². The first-order valence-electron chi connectivity index (χ1n) is 4.19. The first-order valence-corrected chi connectivity index (χ1v) is 6.72. The number of nitrogens with two attached hydrogens (primary N) is 1. The van der Waals surface area contributed by atoms with E-state index in [0.717, 1.165) is 25.7 Å². The third kappa shape index (κ3) is 4.84. The van der Waals surface area contributed by atoms with Crippen LogP contribution in [-0.2, 0) is 8.85 Å². The van der Waals surface area contributed by atoms with Crippen molar-refractivity contribution in [2.75, 3.05) is 33.5 Å². The number of nitrogens with one attached hydrogen (secondary N) is 1. The molecule has 3 N–H and O–H groups in total. The van der Waals surface area contributed by atoms with Gasteiger partial charge >= 0.3 is 8.56 Å². The van der Waals surface area contributed by atoms with E-state index in [-0.39, 0.29) is 0 Å². The Morgan fingerprint density at radius 1 is 1.33 bits per heavy atom. The van der Waals surface area contributed by atoms with Gasteiger partial charge in [0.05, 0.1) is 0 Å². The molecule has 0 bridgehead atoms. The molecule has 0 unspecified atom stereocenters. The van der Waals surface area contributed by atoms with Gasteiger partial charge in [0.2, 0.25) is 0 Å². The van der Waals surface area contributed by atoms with E-state index in [1.807, 2.05) is 6.55 Å². The fraction of sp³-hybridized carbons (Fsp3) is 1.00. The Balaban J connectivity index is 3.45. The van der Waals surface area contributed by atoms with Crippen molar-refractivity contribution >= 4 is 8.56 Å². The maximum Gasteiger partial charge on any atom is 0.348 e. The van der Waals surface area contributed by atoms with Gasteiger partial charge in [0.25, 0.3) is 0 Å². The molecule has 0 aliphatic carbocycles. The van der Waals surface area contributed by atoms with Crippen LogP contribution in [0.2, 0.25) is 6.55 Å². The second-order valence-electron chi connectivity index (χ2n) is 2.86. The van der Waals surface area contributed by atoms with Crippen LogP contribution in [-0.4, -0.2) is 42.0 Å². The molecule has 4 nitrogen and oxygen atoms in total. The standard InChI is InChI=1S/C7H20N2O2Si/c1-10-12(3,11-2)7-9-6-4-5-8/h9H,4-8H2,1-3H3. The van der Waals surface area contributed by atoms with E-state index in [1.54, 1.807) is 14.2 Å². The molecule has 0 spiro atoms. The topological polar surface area (TPSA) is 56.5 Å². The monoisotopic (exact) mass is 192 g/mol. The molecule has 5 heteroatoms. The van der Waals surface area contributed by atoms with E-state index in [1.165, 1.54) is 0 Å². The van der Waals surface area contributed by atoms with E-state index in [2.05, 4.69) is 5.32 Å². The molecule has 0 amide bonds. The van der Waals surface area contributed by atoms with Gasteiger partial charge in [-0.25, -0.2) is 0 Å². The summed E-state index contributed by atoms with van der Waals surface area (Å²) < 4.78 is 10.6. The second-order valence-corrected chi connectivity index (χ2v) is 6.30. The van der Waals surface area contributed by atoms with Gasteiger partial charge in [0.15, 0.2) is 0 Å². The van der Waals surface area contributed by atoms with Crippen molar-refractivity contribution < 1.29 is 8.85 Å². The molecule has 0 saturated carbocycles. The summed E-state index contributed by atoms with van der Waals surface area (Å²) in [6.07, 6.45) is 1.82. The quantitative estimate of drug-likeness (QED) is 0.434. The zero-order valence-corrected chi connectivity index (χ0v) is 9.22. The van der Waals surface area contributed by atoms with Crippen LogP contribution in [0.5, 0.6) is 0 Å². The second kappa shape index (κ2) is 6.56. The Morgan fingerprint density at radius 3 is 2.33 bits per heavy atom. The smallest absolute Gasteiger partial charge is 0.348 e. The zero-order chi connectivity index (χ0) is 9.45. The molecule has 12 heavy (non-hydrogen) atoms. The lowest BCUT2D eigenvalue weighted by atomic mass is 10.4.